The molecule has 1 unspecified atom stereocenters. The van der Waals surface area contributed by atoms with Gasteiger partial charge in [0.15, 0.2) is 0 Å². The van der Waals surface area contributed by atoms with E-state index in [1.807, 2.05) is 0 Å². The van der Waals surface area contributed by atoms with Crippen LogP contribution in [-0.4, -0.2) is 13.1 Å². The van der Waals surface area contributed by atoms with E-state index in [4.69, 9.17) is 4.74 Å². The van der Waals surface area contributed by atoms with Gasteiger partial charge in [0.05, 0.1) is 13.5 Å². The van der Waals surface area contributed by atoms with Gasteiger partial charge in [-0.1, -0.05) is 32.9 Å². The largest absolute Gasteiger partial charge is 0.469 e. The van der Waals surface area contributed by atoms with Crippen molar-refractivity contribution in [3.8, 4) is 0 Å². The molecule has 0 saturated heterocycles. The van der Waals surface area contributed by atoms with E-state index < -0.39 is 0 Å². The molecule has 74 valence electrons. The lowest BCUT2D eigenvalue weighted by atomic mass is 9.67. The number of ether oxygens (including phenoxy) is 1. The SMILES string of the molecule is COC(=O)CC1(C)C=CCC1(C)C. The first kappa shape index (κ1) is 10.3. The summed E-state index contributed by atoms with van der Waals surface area (Å²) >= 11 is 0. The van der Waals surface area contributed by atoms with Crippen molar-refractivity contribution >= 4 is 5.97 Å². The highest BCUT2D eigenvalue weighted by molar-refractivity contribution is 5.70. The quantitative estimate of drug-likeness (QED) is 0.484. The summed E-state index contributed by atoms with van der Waals surface area (Å²) in [6.07, 6.45) is 5.82. The van der Waals surface area contributed by atoms with E-state index in [1.165, 1.54) is 7.11 Å². The van der Waals surface area contributed by atoms with Crippen molar-refractivity contribution in [1.29, 1.82) is 0 Å². The maximum atomic E-state index is 11.2. The Balaban J connectivity index is 2.76. The molecule has 0 aromatic heterocycles. The highest BCUT2D eigenvalue weighted by atomic mass is 16.5. The molecule has 1 aliphatic rings. The summed E-state index contributed by atoms with van der Waals surface area (Å²) in [6, 6.07) is 0. The lowest BCUT2D eigenvalue weighted by Gasteiger charge is -2.37. The topological polar surface area (TPSA) is 26.3 Å². The molecule has 0 spiro atoms. The van der Waals surface area contributed by atoms with Crippen molar-refractivity contribution in [3.63, 3.8) is 0 Å². The molecule has 1 aliphatic carbocycles. The van der Waals surface area contributed by atoms with Crippen LogP contribution in [0.1, 0.15) is 33.6 Å². The minimum absolute atomic E-state index is 0.0416. The lowest BCUT2D eigenvalue weighted by Crippen LogP contribution is -2.32. The van der Waals surface area contributed by atoms with Crippen LogP contribution in [0.25, 0.3) is 0 Å². The van der Waals surface area contributed by atoms with E-state index in [-0.39, 0.29) is 16.8 Å². The predicted octanol–water partition coefficient (Wildman–Crippen LogP) is 2.54. The van der Waals surface area contributed by atoms with E-state index in [9.17, 15) is 4.79 Å². The van der Waals surface area contributed by atoms with E-state index in [2.05, 4.69) is 32.9 Å². The molecular weight excluding hydrogens is 164 g/mol. The average molecular weight is 182 g/mol. The number of hydrogen-bond acceptors (Lipinski definition) is 2. The number of carbonyl (C=O) groups is 1. The van der Waals surface area contributed by atoms with Crippen LogP contribution in [0.4, 0.5) is 0 Å². The molecule has 0 saturated carbocycles. The molecule has 0 radical (unpaired) electrons. The second kappa shape index (κ2) is 3.17. The van der Waals surface area contributed by atoms with Crippen molar-refractivity contribution in [2.75, 3.05) is 7.11 Å². The van der Waals surface area contributed by atoms with Gasteiger partial charge in [0.2, 0.25) is 0 Å². The smallest absolute Gasteiger partial charge is 0.306 e. The molecule has 1 rings (SSSR count). The van der Waals surface area contributed by atoms with Gasteiger partial charge in [-0.05, 0) is 11.8 Å². The number of hydrogen-bond donors (Lipinski definition) is 0. The van der Waals surface area contributed by atoms with Crippen molar-refractivity contribution < 1.29 is 9.53 Å². The molecule has 0 N–H and O–H groups in total. The van der Waals surface area contributed by atoms with Crippen LogP contribution in [0.15, 0.2) is 12.2 Å². The fourth-order valence-electron chi connectivity index (χ4n) is 1.74. The number of esters is 1. The zero-order valence-electron chi connectivity index (χ0n) is 8.89. The minimum Gasteiger partial charge on any atom is -0.469 e. The summed E-state index contributed by atoms with van der Waals surface area (Å²) < 4.78 is 4.70. The molecule has 0 aromatic carbocycles. The van der Waals surface area contributed by atoms with Gasteiger partial charge < -0.3 is 4.74 Å². The average Bonchev–Trinajstić information content (AvgIpc) is 2.26. The molecule has 0 bridgehead atoms. The van der Waals surface area contributed by atoms with E-state index in [0.717, 1.165) is 6.42 Å². The monoisotopic (exact) mass is 182 g/mol. The number of rotatable bonds is 2. The Bertz CT molecular complexity index is 240. The normalized spacial score (nSPS) is 30.5. The fraction of sp³-hybridized carbons (Fsp3) is 0.727. The molecule has 0 fully saturated rings. The maximum absolute atomic E-state index is 11.2. The number of allylic oxidation sites excluding steroid dienone is 2. The molecule has 2 nitrogen and oxygen atoms in total. The molecule has 13 heavy (non-hydrogen) atoms. The van der Waals surface area contributed by atoms with E-state index in [1.54, 1.807) is 0 Å². The Kier molecular flexibility index (Phi) is 2.51. The maximum Gasteiger partial charge on any atom is 0.306 e. The third-order valence-corrected chi connectivity index (χ3v) is 3.40. The Hall–Kier alpha value is -0.790. The van der Waals surface area contributed by atoms with Gasteiger partial charge in [-0.2, -0.15) is 0 Å². The molecule has 2 heteroatoms. The summed E-state index contributed by atoms with van der Waals surface area (Å²) in [5.41, 5.74) is 0.126. The van der Waals surface area contributed by atoms with Crippen molar-refractivity contribution in [3.05, 3.63) is 12.2 Å². The van der Waals surface area contributed by atoms with Crippen molar-refractivity contribution in [2.24, 2.45) is 10.8 Å². The van der Waals surface area contributed by atoms with Crippen LogP contribution in [0, 0.1) is 10.8 Å². The van der Waals surface area contributed by atoms with Crippen LogP contribution < -0.4 is 0 Å². The number of methoxy groups -OCH3 is 1. The first-order valence-corrected chi connectivity index (χ1v) is 4.66. The zero-order valence-corrected chi connectivity index (χ0v) is 8.89. The van der Waals surface area contributed by atoms with Crippen LogP contribution in [0.3, 0.4) is 0 Å². The van der Waals surface area contributed by atoms with Gasteiger partial charge in [-0.25, -0.2) is 0 Å². The van der Waals surface area contributed by atoms with Crippen LogP contribution in [0.5, 0.6) is 0 Å². The van der Waals surface area contributed by atoms with E-state index in [0.29, 0.717) is 6.42 Å². The molecule has 0 heterocycles. The van der Waals surface area contributed by atoms with Crippen LogP contribution >= 0.6 is 0 Å². The van der Waals surface area contributed by atoms with Gasteiger partial charge in [0.1, 0.15) is 0 Å². The Morgan fingerprint density at radius 1 is 1.46 bits per heavy atom. The van der Waals surface area contributed by atoms with Gasteiger partial charge in [-0.3, -0.25) is 4.79 Å². The molecule has 0 amide bonds. The summed E-state index contributed by atoms with van der Waals surface area (Å²) in [4.78, 5) is 11.2. The summed E-state index contributed by atoms with van der Waals surface area (Å²) in [6.45, 7) is 6.50. The predicted molar refractivity (Wildman–Crippen MR) is 52.3 cm³/mol. The number of carbonyl (C=O) groups excluding carboxylic acids is 1. The van der Waals surface area contributed by atoms with Crippen molar-refractivity contribution in [1.82, 2.24) is 0 Å². The Morgan fingerprint density at radius 2 is 2.08 bits per heavy atom. The molecule has 0 aliphatic heterocycles. The fourth-order valence-corrected chi connectivity index (χ4v) is 1.74. The summed E-state index contributed by atoms with van der Waals surface area (Å²) in [5.74, 6) is -0.123. The third-order valence-electron chi connectivity index (χ3n) is 3.40. The van der Waals surface area contributed by atoms with Gasteiger partial charge >= 0.3 is 5.97 Å². The highest BCUT2D eigenvalue weighted by Crippen LogP contribution is 2.50. The minimum atomic E-state index is -0.123. The highest BCUT2D eigenvalue weighted by Gasteiger charge is 2.43. The second-order valence-electron chi connectivity index (χ2n) is 4.66. The second-order valence-corrected chi connectivity index (χ2v) is 4.66. The van der Waals surface area contributed by atoms with Gasteiger partial charge in [0.25, 0.3) is 0 Å². The molecule has 1 atom stereocenters. The zero-order chi connectivity index (χ0) is 10.1. The summed E-state index contributed by atoms with van der Waals surface area (Å²) in [7, 11) is 1.44. The first-order valence-electron chi connectivity index (χ1n) is 4.66. The van der Waals surface area contributed by atoms with Crippen LogP contribution in [-0.2, 0) is 9.53 Å². The lowest BCUT2D eigenvalue weighted by molar-refractivity contribution is -0.143. The Morgan fingerprint density at radius 3 is 2.46 bits per heavy atom. The summed E-state index contributed by atoms with van der Waals surface area (Å²) in [5, 5.41) is 0. The van der Waals surface area contributed by atoms with Crippen LogP contribution in [0.2, 0.25) is 0 Å². The Labute approximate surface area is 80.0 Å². The third kappa shape index (κ3) is 1.77. The van der Waals surface area contributed by atoms with E-state index >= 15 is 0 Å². The first-order chi connectivity index (χ1) is 5.91. The van der Waals surface area contributed by atoms with Crippen molar-refractivity contribution in [2.45, 2.75) is 33.6 Å². The molecule has 0 aromatic rings. The molecular formula is C11H18O2. The standard InChI is InChI=1S/C11H18O2/c1-10(2)6-5-7-11(10,3)8-9(12)13-4/h5,7H,6,8H2,1-4H3. The van der Waals surface area contributed by atoms with Gasteiger partial charge in [0, 0.05) is 5.41 Å². The van der Waals surface area contributed by atoms with Gasteiger partial charge in [-0.15, -0.1) is 0 Å².